The van der Waals surface area contributed by atoms with Crippen LogP contribution in [0.4, 0.5) is 5.69 Å². The fourth-order valence-corrected chi connectivity index (χ4v) is 3.65. The van der Waals surface area contributed by atoms with Gasteiger partial charge in [-0.25, -0.2) is 4.98 Å². The first kappa shape index (κ1) is 15.4. The average molecular weight is 326 g/mol. The van der Waals surface area contributed by atoms with Gasteiger partial charge in [-0.2, -0.15) is 0 Å². The van der Waals surface area contributed by atoms with Crippen molar-refractivity contribution in [3.63, 3.8) is 0 Å². The van der Waals surface area contributed by atoms with E-state index in [1.807, 2.05) is 66.2 Å². The van der Waals surface area contributed by atoms with Crippen molar-refractivity contribution < 1.29 is 4.21 Å². The van der Waals surface area contributed by atoms with E-state index < -0.39 is 10.8 Å². The Labute approximate surface area is 138 Å². The van der Waals surface area contributed by atoms with Crippen molar-refractivity contribution in [2.45, 2.75) is 10.9 Å². The molecule has 0 bridgehead atoms. The molecule has 5 nitrogen and oxygen atoms in total. The average Bonchev–Trinajstić information content (AvgIpc) is 3.05. The van der Waals surface area contributed by atoms with Gasteiger partial charge in [0.1, 0.15) is 0 Å². The highest BCUT2D eigenvalue weighted by Crippen LogP contribution is 2.22. The van der Waals surface area contributed by atoms with Gasteiger partial charge in [-0.15, -0.1) is 0 Å². The molecule has 1 unspecified atom stereocenters. The Morgan fingerprint density at radius 1 is 1.09 bits per heavy atom. The van der Waals surface area contributed by atoms with E-state index >= 15 is 0 Å². The Morgan fingerprint density at radius 2 is 1.83 bits per heavy atom. The first-order valence-corrected chi connectivity index (χ1v) is 8.56. The molecule has 6 heteroatoms. The predicted octanol–water partition coefficient (Wildman–Crippen LogP) is 2.64. The lowest BCUT2D eigenvalue weighted by molar-refractivity contribution is 0.672. The summed E-state index contributed by atoms with van der Waals surface area (Å²) in [5.41, 5.74) is 3.02. The van der Waals surface area contributed by atoms with Crippen LogP contribution in [0.25, 0.3) is 5.69 Å². The summed E-state index contributed by atoms with van der Waals surface area (Å²) in [4.78, 5) is 10.3. The highest BCUT2D eigenvalue weighted by Gasteiger charge is 2.15. The fraction of sp³-hybridized carbons (Fsp3) is 0.176. The van der Waals surface area contributed by atoms with Crippen LogP contribution in [0.2, 0.25) is 0 Å². The zero-order valence-corrected chi connectivity index (χ0v) is 13.9. The summed E-state index contributed by atoms with van der Waals surface area (Å²) < 4.78 is 14.7. The second-order valence-corrected chi connectivity index (χ2v) is 6.64. The van der Waals surface area contributed by atoms with Crippen LogP contribution in [-0.4, -0.2) is 32.8 Å². The summed E-state index contributed by atoms with van der Waals surface area (Å²) in [6.07, 6.45) is 6.92. The first-order valence-electron chi connectivity index (χ1n) is 7.24. The molecule has 0 aliphatic carbocycles. The molecule has 0 aliphatic rings. The predicted molar refractivity (Wildman–Crippen MR) is 92.2 cm³/mol. The number of rotatable bonds is 5. The molecule has 0 fully saturated rings. The third-order valence-corrected chi connectivity index (χ3v) is 4.79. The van der Waals surface area contributed by atoms with E-state index in [1.54, 1.807) is 18.6 Å². The van der Waals surface area contributed by atoms with E-state index in [1.165, 1.54) is 0 Å². The van der Waals surface area contributed by atoms with Crippen molar-refractivity contribution in [1.82, 2.24) is 14.5 Å². The maximum Gasteiger partial charge on any atom is 0.203 e. The van der Waals surface area contributed by atoms with E-state index in [9.17, 15) is 4.21 Å². The van der Waals surface area contributed by atoms with Crippen LogP contribution in [-0.2, 0) is 16.6 Å². The van der Waals surface area contributed by atoms with Gasteiger partial charge in [-0.3, -0.25) is 13.8 Å². The Kier molecular flexibility index (Phi) is 4.52. The normalized spacial score (nSPS) is 12.1. The van der Waals surface area contributed by atoms with Gasteiger partial charge in [-0.1, -0.05) is 18.2 Å². The molecule has 0 N–H and O–H groups in total. The van der Waals surface area contributed by atoms with Crippen LogP contribution in [0.3, 0.4) is 0 Å². The molecule has 0 saturated carbocycles. The molecule has 118 valence electrons. The molecule has 2 aromatic heterocycles. The molecule has 3 rings (SSSR count). The quantitative estimate of drug-likeness (QED) is 0.723. The smallest absolute Gasteiger partial charge is 0.203 e. The zero-order chi connectivity index (χ0) is 16.2. The summed E-state index contributed by atoms with van der Waals surface area (Å²) in [5.74, 6) is 0.427. The molecular formula is C17H18N4OS. The maximum atomic E-state index is 12.8. The van der Waals surface area contributed by atoms with Crippen molar-refractivity contribution in [2.24, 2.45) is 0 Å². The van der Waals surface area contributed by atoms with Crippen LogP contribution in [0.5, 0.6) is 0 Å². The second-order valence-electron chi connectivity index (χ2n) is 5.30. The molecule has 2 heterocycles. The Balaban J connectivity index is 1.90. The zero-order valence-electron chi connectivity index (χ0n) is 13.1. The van der Waals surface area contributed by atoms with Gasteiger partial charge < -0.3 is 4.90 Å². The number of aromatic nitrogens is 3. The van der Waals surface area contributed by atoms with Crippen molar-refractivity contribution >= 4 is 16.5 Å². The van der Waals surface area contributed by atoms with E-state index in [-0.39, 0.29) is 0 Å². The minimum atomic E-state index is -1.24. The van der Waals surface area contributed by atoms with E-state index in [0.29, 0.717) is 10.9 Å². The number of para-hydroxylation sites is 1. The molecule has 0 amide bonds. The van der Waals surface area contributed by atoms with E-state index in [0.717, 1.165) is 16.9 Å². The molecule has 3 aromatic rings. The summed E-state index contributed by atoms with van der Waals surface area (Å²) in [5, 5.41) is 0.546. The van der Waals surface area contributed by atoms with Gasteiger partial charge in [-0.05, 0) is 23.8 Å². The maximum absolute atomic E-state index is 12.8. The number of anilines is 1. The lowest BCUT2D eigenvalue weighted by Gasteiger charge is -2.17. The lowest BCUT2D eigenvalue weighted by Crippen LogP contribution is -2.13. The third-order valence-electron chi connectivity index (χ3n) is 3.51. The summed E-state index contributed by atoms with van der Waals surface area (Å²) >= 11 is 0. The highest BCUT2D eigenvalue weighted by atomic mass is 32.2. The molecule has 23 heavy (non-hydrogen) atoms. The molecule has 0 aliphatic heterocycles. The number of imidazole rings is 1. The van der Waals surface area contributed by atoms with Gasteiger partial charge in [0, 0.05) is 44.6 Å². The van der Waals surface area contributed by atoms with Gasteiger partial charge in [0.25, 0.3) is 0 Å². The molecule has 0 saturated heterocycles. The SMILES string of the molecule is CN(C)c1ccccc1CS(=O)c1nccn1-c1ccncc1. The number of hydrogen-bond acceptors (Lipinski definition) is 4. The highest BCUT2D eigenvalue weighted by molar-refractivity contribution is 7.84. The van der Waals surface area contributed by atoms with Crippen molar-refractivity contribution in [1.29, 1.82) is 0 Å². The Morgan fingerprint density at radius 3 is 2.57 bits per heavy atom. The minimum absolute atomic E-state index is 0.427. The van der Waals surface area contributed by atoms with Gasteiger partial charge >= 0.3 is 0 Å². The van der Waals surface area contributed by atoms with Crippen LogP contribution in [0, 0.1) is 0 Å². The second kappa shape index (κ2) is 6.75. The van der Waals surface area contributed by atoms with Crippen molar-refractivity contribution in [2.75, 3.05) is 19.0 Å². The Hall–Kier alpha value is -2.47. The monoisotopic (exact) mass is 326 g/mol. The van der Waals surface area contributed by atoms with Crippen LogP contribution >= 0.6 is 0 Å². The standard InChI is InChI=1S/C17H18N4OS/c1-20(2)16-6-4-3-5-14(16)13-23(22)17-19-11-12-21(17)15-7-9-18-10-8-15/h3-12H,13H2,1-2H3. The Bertz CT molecular complexity index is 814. The number of nitrogens with zero attached hydrogens (tertiary/aromatic N) is 4. The van der Waals surface area contributed by atoms with E-state index in [4.69, 9.17) is 0 Å². The fourth-order valence-electron chi connectivity index (χ4n) is 2.43. The van der Waals surface area contributed by atoms with E-state index in [2.05, 4.69) is 9.97 Å². The molecule has 1 atom stereocenters. The lowest BCUT2D eigenvalue weighted by atomic mass is 10.2. The van der Waals surface area contributed by atoms with Gasteiger partial charge in [0.2, 0.25) is 5.16 Å². The number of hydrogen-bond donors (Lipinski definition) is 0. The van der Waals surface area contributed by atoms with Crippen LogP contribution < -0.4 is 4.90 Å². The largest absolute Gasteiger partial charge is 0.377 e. The first-order chi connectivity index (χ1) is 11.2. The molecule has 0 spiro atoms. The third kappa shape index (κ3) is 3.32. The molecular weight excluding hydrogens is 308 g/mol. The summed E-state index contributed by atoms with van der Waals surface area (Å²) in [6.45, 7) is 0. The van der Waals surface area contributed by atoms with Crippen LogP contribution in [0.1, 0.15) is 5.56 Å². The number of pyridine rings is 1. The number of benzene rings is 1. The summed E-state index contributed by atoms with van der Waals surface area (Å²) in [6, 6.07) is 11.7. The van der Waals surface area contributed by atoms with Crippen molar-refractivity contribution in [3.05, 3.63) is 66.7 Å². The summed E-state index contributed by atoms with van der Waals surface area (Å²) in [7, 11) is 2.73. The van der Waals surface area contributed by atoms with Gasteiger partial charge in [0.15, 0.2) is 0 Å². The molecule has 1 aromatic carbocycles. The topological polar surface area (TPSA) is 51.0 Å². The molecule has 0 radical (unpaired) electrons. The van der Waals surface area contributed by atoms with Gasteiger partial charge in [0.05, 0.1) is 22.2 Å². The van der Waals surface area contributed by atoms with Crippen LogP contribution in [0.15, 0.2) is 66.3 Å². The minimum Gasteiger partial charge on any atom is -0.377 e. The van der Waals surface area contributed by atoms with Crippen molar-refractivity contribution in [3.8, 4) is 5.69 Å².